The number of nitrogens with one attached hydrogen (secondary N) is 1. The highest BCUT2D eigenvalue weighted by atomic mass is 16.3. The summed E-state index contributed by atoms with van der Waals surface area (Å²) in [6, 6.07) is 7.79. The molecule has 2 aromatic rings. The van der Waals surface area contributed by atoms with E-state index < -0.39 is 6.04 Å². The smallest absolute Gasteiger partial charge is 0.239 e. The van der Waals surface area contributed by atoms with E-state index in [1.165, 1.54) is 0 Å². The van der Waals surface area contributed by atoms with Crippen LogP contribution in [0.15, 0.2) is 42.3 Å². The standard InChI is InChI=1S/C27H38N6O2/c1-17(2)15-22(28)26(35)33-13-11-32(12-14-33)21-8-6-20(7-9-21)30-27-29-16-19-5-10-23(34)24(18(3)4)25(19)31-27/h6-10,16-18,22,24,34H,5,11-15,28H2,1-4H3,(H,29,30,31). The van der Waals surface area contributed by atoms with Crippen LogP contribution in [0.3, 0.4) is 0 Å². The number of aromatic nitrogens is 2. The summed E-state index contributed by atoms with van der Waals surface area (Å²) >= 11 is 0. The Morgan fingerprint density at radius 2 is 1.83 bits per heavy atom. The molecule has 188 valence electrons. The summed E-state index contributed by atoms with van der Waals surface area (Å²) in [6.07, 6.45) is 5.09. The predicted octanol–water partition coefficient (Wildman–Crippen LogP) is 3.98. The Hall–Kier alpha value is -3.13. The lowest BCUT2D eigenvalue weighted by Gasteiger charge is -2.37. The topological polar surface area (TPSA) is 108 Å². The molecule has 0 saturated carbocycles. The lowest BCUT2D eigenvalue weighted by molar-refractivity contribution is -0.133. The summed E-state index contributed by atoms with van der Waals surface area (Å²) < 4.78 is 0. The van der Waals surface area contributed by atoms with Crippen molar-refractivity contribution < 1.29 is 9.90 Å². The van der Waals surface area contributed by atoms with E-state index in [4.69, 9.17) is 10.7 Å². The Bertz CT molecular complexity index is 1060. The molecule has 4 rings (SSSR count). The van der Waals surface area contributed by atoms with Crippen LogP contribution in [-0.4, -0.2) is 58.1 Å². The highest BCUT2D eigenvalue weighted by Gasteiger charge is 2.28. The van der Waals surface area contributed by atoms with Crippen LogP contribution in [-0.2, 0) is 11.2 Å². The average Bonchev–Trinajstić information content (AvgIpc) is 2.83. The number of nitrogens with zero attached hydrogens (tertiary/aromatic N) is 4. The third kappa shape index (κ3) is 5.75. The molecule has 8 heteroatoms. The first-order chi connectivity index (χ1) is 16.7. The Morgan fingerprint density at radius 3 is 2.46 bits per heavy atom. The van der Waals surface area contributed by atoms with Crippen LogP contribution in [0.4, 0.5) is 17.3 Å². The van der Waals surface area contributed by atoms with E-state index in [-0.39, 0.29) is 17.7 Å². The lowest BCUT2D eigenvalue weighted by atomic mass is 9.84. The number of carbonyl (C=O) groups is 1. The number of aliphatic hydroxyl groups is 1. The van der Waals surface area contributed by atoms with Crippen LogP contribution < -0.4 is 16.0 Å². The van der Waals surface area contributed by atoms with E-state index in [1.54, 1.807) is 0 Å². The van der Waals surface area contributed by atoms with Gasteiger partial charge < -0.3 is 26.0 Å². The maximum absolute atomic E-state index is 12.6. The lowest BCUT2D eigenvalue weighted by Crippen LogP contribution is -2.53. The SMILES string of the molecule is CC(C)CC(N)C(=O)N1CCN(c2ccc(Nc3ncc4c(n3)C(C(C)C)C(O)=CC4)cc2)CC1. The van der Waals surface area contributed by atoms with Gasteiger partial charge in [-0.05, 0) is 60.6 Å². The van der Waals surface area contributed by atoms with Gasteiger partial charge in [0.1, 0.15) is 0 Å². The van der Waals surface area contributed by atoms with Gasteiger partial charge in [-0.25, -0.2) is 9.97 Å². The Morgan fingerprint density at radius 1 is 1.14 bits per heavy atom. The minimum absolute atomic E-state index is 0.0615. The van der Waals surface area contributed by atoms with Crippen LogP contribution in [0, 0.1) is 11.8 Å². The van der Waals surface area contributed by atoms with Gasteiger partial charge in [0, 0.05) is 43.8 Å². The number of hydrogen-bond donors (Lipinski definition) is 3. The Labute approximate surface area is 208 Å². The van der Waals surface area contributed by atoms with Gasteiger partial charge in [0.25, 0.3) is 0 Å². The molecule has 1 aliphatic carbocycles. The summed E-state index contributed by atoms with van der Waals surface area (Å²) in [4.78, 5) is 26.0. The van der Waals surface area contributed by atoms with Crippen molar-refractivity contribution in [2.45, 2.75) is 52.5 Å². The zero-order valence-electron chi connectivity index (χ0n) is 21.2. The van der Waals surface area contributed by atoms with Gasteiger partial charge in [0.15, 0.2) is 0 Å². The third-order valence-corrected chi connectivity index (χ3v) is 6.83. The molecule has 35 heavy (non-hydrogen) atoms. The van der Waals surface area contributed by atoms with Crippen molar-refractivity contribution in [3.05, 3.63) is 53.6 Å². The fourth-order valence-corrected chi connectivity index (χ4v) is 4.96. The number of piperazine rings is 1. The normalized spacial score (nSPS) is 18.9. The molecule has 1 amide bonds. The van der Waals surface area contributed by atoms with Gasteiger partial charge in [0.2, 0.25) is 11.9 Å². The number of fused-ring (bicyclic) bond motifs is 1. The van der Waals surface area contributed by atoms with Gasteiger partial charge in [-0.2, -0.15) is 0 Å². The van der Waals surface area contributed by atoms with E-state index in [2.05, 4.69) is 55.0 Å². The second-order valence-electron chi connectivity index (χ2n) is 10.4. The number of rotatable bonds is 7. The van der Waals surface area contributed by atoms with Gasteiger partial charge in [-0.3, -0.25) is 4.79 Å². The zero-order valence-corrected chi connectivity index (χ0v) is 21.2. The van der Waals surface area contributed by atoms with Crippen molar-refractivity contribution in [1.82, 2.24) is 14.9 Å². The summed E-state index contributed by atoms with van der Waals surface area (Å²) in [5.41, 5.74) is 10.1. The minimum atomic E-state index is -0.409. The molecule has 0 spiro atoms. The van der Waals surface area contributed by atoms with Crippen molar-refractivity contribution in [3.8, 4) is 0 Å². The van der Waals surface area contributed by atoms with Gasteiger partial charge in [-0.1, -0.05) is 27.7 Å². The molecule has 1 fully saturated rings. The predicted molar refractivity (Wildman–Crippen MR) is 140 cm³/mol. The number of nitrogens with two attached hydrogens (primary N) is 1. The first kappa shape index (κ1) is 25.0. The van der Waals surface area contributed by atoms with Crippen molar-refractivity contribution in [1.29, 1.82) is 0 Å². The van der Waals surface area contributed by atoms with Gasteiger partial charge >= 0.3 is 0 Å². The summed E-state index contributed by atoms with van der Waals surface area (Å²) in [5.74, 6) is 1.54. The molecule has 2 atom stereocenters. The van der Waals surface area contributed by atoms with Crippen molar-refractivity contribution >= 4 is 23.2 Å². The Kier molecular flexibility index (Phi) is 7.60. The number of allylic oxidation sites excluding steroid dienone is 2. The summed E-state index contributed by atoms with van der Waals surface area (Å²) in [5, 5.41) is 13.7. The largest absolute Gasteiger partial charge is 0.512 e. The number of hydrogen-bond acceptors (Lipinski definition) is 7. The first-order valence-corrected chi connectivity index (χ1v) is 12.6. The van der Waals surface area contributed by atoms with Gasteiger partial charge in [0.05, 0.1) is 23.4 Å². The fourth-order valence-electron chi connectivity index (χ4n) is 4.96. The molecule has 1 aliphatic heterocycles. The van der Waals surface area contributed by atoms with Crippen molar-refractivity contribution in [2.75, 3.05) is 36.4 Å². The van der Waals surface area contributed by atoms with Crippen LogP contribution >= 0.6 is 0 Å². The molecule has 1 aromatic carbocycles. The summed E-state index contributed by atoms with van der Waals surface area (Å²) in [6.45, 7) is 11.3. The number of benzene rings is 1. The molecule has 2 aliphatic rings. The number of anilines is 3. The molecule has 0 radical (unpaired) electrons. The minimum Gasteiger partial charge on any atom is -0.512 e. The van der Waals surface area contributed by atoms with Crippen LogP contribution in [0.5, 0.6) is 0 Å². The molecule has 0 bridgehead atoms. The zero-order chi connectivity index (χ0) is 25.1. The molecular formula is C27H38N6O2. The van der Waals surface area contributed by atoms with Crippen molar-refractivity contribution in [3.63, 3.8) is 0 Å². The van der Waals surface area contributed by atoms with Crippen LogP contribution in [0.1, 0.15) is 51.3 Å². The highest BCUT2D eigenvalue weighted by Crippen LogP contribution is 2.35. The van der Waals surface area contributed by atoms with E-state index in [9.17, 15) is 9.90 Å². The average molecular weight is 479 g/mol. The van der Waals surface area contributed by atoms with Crippen LogP contribution in [0.2, 0.25) is 0 Å². The molecule has 2 heterocycles. The third-order valence-electron chi connectivity index (χ3n) is 6.83. The molecule has 2 unspecified atom stereocenters. The van der Waals surface area contributed by atoms with Crippen LogP contribution in [0.25, 0.3) is 0 Å². The summed E-state index contributed by atoms with van der Waals surface area (Å²) in [7, 11) is 0. The van der Waals surface area contributed by atoms with Crippen molar-refractivity contribution in [2.24, 2.45) is 17.6 Å². The van der Waals surface area contributed by atoms with E-state index in [0.717, 1.165) is 42.1 Å². The molecule has 8 nitrogen and oxygen atoms in total. The maximum atomic E-state index is 12.6. The Balaban J connectivity index is 1.36. The maximum Gasteiger partial charge on any atom is 0.239 e. The molecule has 1 saturated heterocycles. The second kappa shape index (κ2) is 10.6. The quantitative estimate of drug-likeness (QED) is 0.552. The second-order valence-corrected chi connectivity index (χ2v) is 10.4. The molecular weight excluding hydrogens is 440 g/mol. The van der Waals surface area contributed by atoms with E-state index in [0.29, 0.717) is 37.1 Å². The molecule has 4 N–H and O–H groups in total. The highest BCUT2D eigenvalue weighted by molar-refractivity contribution is 5.82. The number of amides is 1. The number of carbonyl (C=O) groups excluding carboxylic acids is 1. The fraction of sp³-hybridized carbons (Fsp3) is 0.519. The number of aliphatic hydroxyl groups excluding tert-OH is 1. The monoisotopic (exact) mass is 478 g/mol. The molecule has 1 aromatic heterocycles. The first-order valence-electron chi connectivity index (χ1n) is 12.6. The van der Waals surface area contributed by atoms with E-state index >= 15 is 0 Å². The van der Waals surface area contributed by atoms with E-state index in [1.807, 2.05) is 29.3 Å². The van der Waals surface area contributed by atoms with Gasteiger partial charge in [-0.15, -0.1) is 0 Å².